The highest BCUT2D eigenvalue weighted by molar-refractivity contribution is 5.84. The van der Waals surface area contributed by atoms with Crippen LogP contribution in [0.2, 0.25) is 0 Å². The average Bonchev–Trinajstić information content (AvgIpc) is 2.47. The predicted molar refractivity (Wildman–Crippen MR) is 62.1 cm³/mol. The summed E-state index contributed by atoms with van der Waals surface area (Å²) < 4.78 is 0. The third-order valence-electron chi connectivity index (χ3n) is 3.60. The van der Waals surface area contributed by atoms with Crippen molar-refractivity contribution in [3.63, 3.8) is 0 Å². The molecule has 1 amide bonds. The molecule has 0 aromatic carbocycles. The molecule has 0 radical (unpaired) electrons. The van der Waals surface area contributed by atoms with Crippen molar-refractivity contribution >= 4 is 5.91 Å². The van der Waals surface area contributed by atoms with Crippen molar-refractivity contribution in [3.05, 3.63) is 0 Å². The molecule has 0 bridgehead atoms. The lowest BCUT2D eigenvalue weighted by Gasteiger charge is -2.39. The number of hydrogen-bond acceptors (Lipinski definition) is 3. The van der Waals surface area contributed by atoms with Crippen molar-refractivity contribution in [1.29, 1.82) is 0 Å². The number of aliphatic hydroxyl groups is 1. The maximum absolute atomic E-state index is 12.0. The van der Waals surface area contributed by atoms with Gasteiger partial charge in [-0.3, -0.25) is 4.79 Å². The van der Waals surface area contributed by atoms with Crippen LogP contribution < -0.4 is 5.32 Å². The molecule has 4 nitrogen and oxygen atoms in total. The van der Waals surface area contributed by atoms with Crippen LogP contribution in [0, 0.1) is 0 Å². The monoisotopic (exact) mass is 226 g/mol. The third-order valence-corrected chi connectivity index (χ3v) is 3.60. The van der Waals surface area contributed by atoms with Gasteiger partial charge >= 0.3 is 0 Å². The summed E-state index contributed by atoms with van der Waals surface area (Å²) in [6.07, 6.45) is 3.65. The number of β-amino-alcohol motifs (C(OH)–C–C–N with tert-alkyl or cyclic N) is 1. The van der Waals surface area contributed by atoms with Crippen LogP contribution in [-0.4, -0.2) is 46.7 Å². The van der Waals surface area contributed by atoms with Crippen LogP contribution in [0.5, 0.6) is 0 Å². The summed E-state index contributed by atoms with van der Waals surface area (Å²) in [6.45, 7) is 5.42. The van der Waals surface area contributed by atoms with Gasteiger partial charge in [0.15, 0.2) is 0 Å². The van der Waals surface area contributed by atoms with Gasteiger partial charge in [-0.2, -0.15) is 0 Å². The second kappa shape index (κ2) is 4.34. The number of likely N-dealkylation sites (tertiary alicyclic amines) is 1. The fourth-order valence-corrected chi connectivity index (χ4v) is 2.55. The lowest BCUT2D eigenvalue weighted by Crippen LogP contribution is -2.50. The zero-order chi connectivity index (χ0) is 11.8. The fourth-order valence-electron chi connectivity index (χ4n) is 2.55. The van der Waals surface area contributed by atoms with Gasteiger partial charge in [0.05, 0.1) is 11.6 Å². The number of nitrogens with zero attached hydrogens (tertiary/aromatic N) is 1. The molecule has 2 fully saturated rings. The lowest BCUT2D eigenvalue weighted by atomic mass is 9.80. The van der Waals surface area contributed by atoms with Gasteiger partial charge in [-0.25, -0.2) is 0 Å². The molecule has 1 saturated heterocycles. The minimum absolute atomic E-state index is 0.0383. The summed E-state index contributed by atoms with van der Waals surface area (Å²) in [4.78, 5) is 13.8. The van der Waals surface area contributed by atoms with Gasteiger partial charge in [-0.1, -0.05) is 13.8 Å². The molecule has 1 aliphatic heterocycles. The molecule has 16 heavy (non-hydrogen) atoms. The quantitative estimate of drug-likeness (QED) is 0.734. The van der Waals surface area contributed by atoms with Crippen LogP contribution in [0.3, 0.4) is 0 Å². The largest absolute Gasteiger partial charge is 0.388 e. The number of amides is 1. The van der Waals surface area contributed by atoms with E-state index in [-0.39, 0.29) is 11.9 Å². The van der Waals surface area contributed by atoms with Gasteiger partial charge in [-0.15, -0.1) is 0 Å². The van der Waals surface area contributed by atoms with Crippen LogP contribution >= 0.6 is 0 Å². The molecule has 1 unspecified atom stereocenters. The van der Waals surface area contributed by atoms with E-state index in [1.54, 1.807) is 0 Å². The molecule has 92 valence electrons. The second-order valence-electron chi connectivity index (χ2n) is 5.50. The van der Waals surface area contributed by atoms with Crippen LogP contribution in [0.4, 0.5) is 0 Å². The normalized spacial score (nSPS) is 28.6. The molecule has 2 aliphatic rings. The number of rotatable bonds is 4. The molecule has 1 heterocycles. The standard InChI is InChI=1S/C12H22N2O2/c1-9(2)13-10-4-7-14(11(10)15)8-12(16)5-3-6-12/h9-10,13,16H,3-8H2,1-2H3. The Kier molecular flexibility index (Phi) is 3.22. The van der Waals surface area contributed by atoms with Gasteiger partial charge in [0.2, 0.25) is 5.91 Å². The average molecular weight is 226 g/mol. The Hall–Kier alpha value is -0.610. The number of carbonyl (C=O) groups is 1. The van der Waals surface area contributed by atoms with Crippen LogP contribution in [0.1, 0.15) is 39.5 Å². The van der Waals surface area contributed by atoms with Crippen molar-refractivity contribution < 1.29 is 9.90 Å². The molecular weight excluding hydrogens is 204 g/mol. The summed E-state index contributed by atoms with van der Waals surface area (Å²) in [6, 6.07) is 0.296. The second-order valence-corrected chi connectivity index (χ2v) is 5.50. The van der Waals surface area contributed by atoms with Crippen LogP contribution in [0.15, 0.2) is 0 Å². The van der Waals surface area contributed by atoms with Gasteiger partial charge in [0.25, 0.3) is 0 Å². The van der Waals surface area contributed by atoms with Crippen LogP contribution in [0.25, 0.3) is 0 Å². The molecule has 0 aromatic heterocycles. The van der Waals surface area contributed by atoms with Gasteiger partial charge in [-0.05, 0) is 25.7 Å². The summed E-state index contributed by atoms with van der Waals surface area (Å²) in [5.74, 6) is 0.161. The lowest BCUT2D eigenvalue weighted by molar-refractivity contribution is -0.135. The first kappa shape index (κ1) is 11.9. The van der Waals surface area contributed by atoms with Crippen molar-refractivity contribution in [1.82, 2.24) is 10.2 Å². The maximum atomic E-state index is 12.0. The SMILES string of the molecule is CC(C)NC1CCN(CC2(O)CCC2)C1=O. The fraction of sp³-hybridized carbons (Fsp3) is 0.917. The molecule has 2 N–H and O–H groups in total. The highest BCUT2D eigenvalue weighted by atomic mass is 16.3. The molecule has 1 atom stereocenters. The Morgan fingerprint density at radius 3 is 2.75 bits per heavy atom. The highest BCUT2D eigenvalue weighted by Gasteiger charge is 2.41. The zero-order valence-electron chi connectivity index (χ0n) is 10.2. The summed E-state index contributed by atoms with van der Waals surface area (Å²) in [5.41, 5.74) is -0.581. The first-order chi connectivity index (χ1) is 7.50. The van der Waals surface area contributed by atoms with E-state index in [0.29, 0.717) is 12.6 Å². The first-order valence-corrected chi connectivity index (χ1v) is 6.27. The zero-order valence-corrected chi connectivity index (χ0v) is 10.2. The summed E-state index contributed by atoms with van der Waals surface area (Å²) in [7, 11) is 0. The Morgan fingerprint density at radius 2 is 2.25 bits per heavy atom. The van der Waals surface area contributed by atoms with E-state index in [2.05, 4.69) is 19.2 Å². The third kappa shape index (κ3) is 2.38. The van der Waals surface area contributed by atoms with Gasteiger partial charge in [0, 0.05) is 19.1 Å². The Morgan fingerprint density at radius 1 is 1.56 bits per heavy atom. The minimum Gasteiger partial charge on any atom is -0.388 e. The van der Waals surface area contributed by atoms with E-state index in [0.717, 1.165) is 32.2 Å². The number of nitrogens with one attached hydrogen (secondary N) is 1. The Labute approximate surface area is 97.0 Å². The topological polar surface area (TPSA) is 52.6 Å². The molecule has 0 spiro atoms. The molecule has 0 aromatic rings. The highest BCUT2D eigenvalue weighted by Crippen LogP contribution is 2.33. The number of hydrogen-bond donors (Lipinski definition) is 2. The van der Waals surface area contributed by atoms with Crippen molar-refractivity contribution in [2.24, 2.45) is 0 Å². The van der Waals surface area contributed by atoms with E-state index in [4.69, 9.17) is 0 Å². The van der Waals surface area contributed by atoms with Crippen molar-refractivity contribution in [2.75, 3.05) is 13.1 Å². The molecular formula is C12H22N2O2. The van der Waals surface area contributed by atoms with Crippen molar-refractivity contribution in [2.45, 2.75) is 57.2 Å². The van der Waals surface area contributed by atoms with Gasteiger partial charge < -0.3 is 15.3 Å². The van der Waals surface area contributed by atoms with Crippen LogP contribution in [-0.2, 0) is 4.79 Å². The molecule has 4 heteroatoms. The Balaban J connectivity index is 1.86. The Bertz CT molecular complexity index is 274. The van der Waals surface area contributed by atoms with E-state index in [9.17, 15) is 9.90 Å². The molecule has 1 saturated carbocycles. The van der Waals surface area contributed by atoms with E-state index < -0.39 is 5.60 Å². The summed E-state index contributed by atoms with van der Waals surface area (Å²) in [5, 5.41) is 13.3. The van der Waals surface area contributed by atoms with E-state index >= 15 is 0 Å². The van der Waals surface area contributed by atoms with E-state index in [1.165, 1.54) is 0 Å². The molecule has 2 rings (SSSR count). The molecule has 1 aliphatic carbocycles. The minimum atomic E-state index is -0.581. The smallest absolute Gasteiger partial charge is 0.239 e. The maximum Gasteiger partial charge on any atom is 0.239 e. The summed E-state index contributed by atoms with van der Waals surface area (Å²) >= 11 is 0. The predicted octanol–water partition coefficient (Wildman–Crippen LogP) is 0.500. The van der Waals surface area contributed by atoms with E-state index in [1.807, 2.05) is 4.90 Å². The number of carbonyl (C=O) groups excluding carboxylic acids is 1. The van der Waals surface area contributed by atoms with Gasteiger partial charge in [0.1, 0.15) is 0 Å². The first-order valence-electron chi connectivity index (χ1n) is 6.27. The van der Waals surface area contributed by atoms with Crippen molar-refractivity contribution in [3.8, 4) is 0 Å².